The van der Waals surface area contributed by atoms with Crippen molar-refractivity contribution in [2.24, 2.45) is 0 Å². The lowest BCUT2D eigenvalue weighted by Crippen LogP contribution is -2.43. The Kier molecular flexibility index (Phi) is 7.65. The fraction of sp³-hybridized carbons (Fsp3) is 0.100. The number of carbonyl (C=O) groups is 3. The van der Waals surface area contributed by atoms with E-state index in [0.717, 1.165) is 10.0 Å². The van der Waals surface area contributed by atoms with Crippen molar-refractivity contribution in [1.29, 1.82) is 0 Å². The van der Waals surface area contributed by atoms with Gasteiger partial charge in [0.25, 0.3) is 11.8 Å². The van der Waals surface area contributed by atoms with Crippen molar-refractivity contribution in [2.75, 3.05) is 6.54 Å². The van der Waals surface area contributed by atoms with Gasteiger partial charge in [0.15, 0.2) is 0 Å². The van der Waals surface area contributed by atoms with Crippen LogP contribution in [0.5, 0.6) is 0 Å². The first-order valence-electron chi connectivity index (χ1n) is 8.70. The van der Waals surface area contributed by atoms with Gasteiger partial charge in [-0.05, 0) is 35.9 Å². The van der Waals surface area contributed by atoms with Gasteiger partial charge in [-0.2, -0.15) is 0 Å². The van der Waals surface area contributed by atoms with Gasteiger partial charge in [-0.15, -0.1) is 0 Å². The second kappa shape index (κ2) is 10.2. The fourth-order valence-electron chi connectivity index (χ4n) is 2.56. The number of nitrogens with zero attached hydrogens (tertiary/aromatic N) is 1. The highest BCUT2D eigenvalue weighted by atomic mass is 79.9. The van der Waals surface area contributed by atoms with Gasteiger partial charge in [0, 0.05) is 17.4 Å². The number of rotatable bonds is 5. The first kappa shape index (κ1) is 22.5. The highest BCUT2D eigenvalue weighted by molar-refractivity contribution is 9.10. The van der Waals surface area contributed by atoms with E-state index in [9.17, 15) is 14.4 Å². The molecule has 0 bridgehead atoms. The Morgan fingerprint density at radius 3 is 2.67 bits per heavy atom. The highest BCUT2D eigenvalue weighted by Crippen LogP contribution is 2.32. The minimum atomic E-state index is -0.531. The maximum atomic E-state index is 12.6. The summed E-state index contributed by atoms with van der Waals surface area (Å²) < 4.78 is 1.29. The second-order valence-corrected chi connectivity index (χ2v) is 9.12. The minimum absolute atomic E-state index is 0.0284. The van der Waals surface area contributed by atoms with Crippen LogP contribution < -0.4 is 10.9 Å². The standard InChI is InChI=1S/C20H15BrClN3O3S2/c21-13-5-3-4-12(10-13)11-16-19(28)25(20(29)30-16)9-8-17(26)23-24-18(27)14-6-1-2-7-15(14)22/h1-7,10-11H,8-9H2,(H,23,26)(H,24,27)/b16-11-. The molecule has 1 aliphatic rings. The van der Waals surface area contributed by atoms with Crippen LogP contribution in [0.15, 0.2) is 57.9 Å². The van der Waals surface area contributed by atoms with E-state index in [1.807, 2.05) is 24.3 Å². The Hall–Kier alpha value is -2.20. The SMILES string of the molecule is O=C(CCN1C(=O)/C(=C/c2cccc(Br)c2)SC1=S)NNC(=O)c1ccccc1Cl. The van der Waals surface area contributed by atoms with Crippen molar-refractivity contribution in [3.8, 4) is 0 Å². The number of halogens is 2. The average Bonchev–Trinajstić information content (AvgIpc) is 2.97. The van der Waals surface area contributed by atoms with E-state index in [0.29, 0.717) is 9.23 Å². The monoisotopic (exact) mass is 523 g/mol. The molecule has 1 aliphatic heterocycles. The highest BCUT2D eigenvalue weighted by Gasteiger charge is 2.32. The maximum Gasteiger partial charge on any atom is 0.271 e. The van der Waals surface area contributed by atoms with Crippen molar-refractivity contribution in [1.82, 2.24) is 15.8 Å². The zero-order valence-corrected chi connectivity index (χ0v) is 19.3. The van der Waals surface area contributed by atoms with E-state index in [-0.39, 0.29) is 29.5 Å². The molecule has 10 heteroatoms. The number of thioether (sulfide) groups is 1. The summed E-state index contributed by atoms with van der Waals surface area (Å²) >= 11 is 15.8. The molecular weight excluding hydrogens is 510 g/mol. The lowest BCUT2D eigenvalue weighted by molar-refractivity contribution is -0.124. The summed E-state index contributed by atoms with van der Waals surface area (Å²) in [5.74, 6) is -1.24. The topological polar surface area (TPSA) is 78.5 Å². The summed E-state index contributed by atoms with van der Waals surface area (Å²) in [6, 6.07) is 14.0. The molecule has 3 amide bonds. The Bertz CT molecular complexity index is 1060. The first-order chi connectivity index (χ1) is 14.3. The Morgan fingerprint density at radius 1 is 1.17 bits per heavy atom. The third-order valence-corrected chi connectivity index (χ3v) is 6.22. The van der Waals surface area contributed by atoms with Gasteiger partial charge < -0.3 is 0 Å². The van der Waals surface area contributed by atoms with E-state index in [2.05, 4.69) is 26.8 Å². The number of hydrogen-bond acceptors (Lipinski definition) is 5. The van der Waals surface area contributed by atoms with Crippen LogP contribution in [-0.4, -0.2) is 33.5 Å². The Morgan fingerprint density at radius 2 is 1.93 bits per heavy atom. The Balaban J connectivity index is 1.53. The molecule has 2 aromatic rings. The number of benzene rings is 2. The van der Waals surface area contributed by atoms with Crippen LogP contribution in [0.3, 0.4) is 0 Å². The van der Waals surface area contributed by atoms with Crippen molar-refractivity contribution in [3.63, 3.8) is 0 Å². The molecule has 30 heavy (non-hydrogen) atoms. The van der Waals surface area contributed by atoms with Crippen molar-refractivity contribution < 1.29 is 14.4 Å². The number of hydrazine groups is 1. The van der Waals surface area contributed by atoms with Crippen LogP contribution in [0, 0.1) is 0 Å². The summed E-state index contributed by atoms with van der Waals surface area (Å²) in [6.45, 7) is 0.105. The lowest BCUT2D eigenvalue weighted by atomic mass is 10.2. The predicted molar refractivity (Wildman–Crippen MR) is 126 cm³/mol. The van der Waals surface area contributed by atoms with Crippen LogP contribution in [-0.2, 0) is 9.59 Å². The molecule has 0 radical (unpaired) electrons. The molecule has 2 aromatic carbocycles. The third-order valence-electron chi connectivity index (χ3n) is 4.02. The molecule has 1 heterocycles. The minimum Gasteiger partial charge on any atom is -0.292 e. The summed E-state index contributed by atoms with van der Waals surface area (Å²) in [7, 11) is 0. The van der Waals surface area contributed by atoms with E-state index < -0.39 is 11.8 Å². The lowest BCUT2D eigenvalue weighted by Gasteiger charge is -2.14. The van der Waals surface area contributed by atoms with Gasteiger partial charge in [0.1, 0.15) is 4.32 Å². The van der Waals surface area contributed by atoms with Gasteiger partial charge in [0.05, 0.1) is 15.5 Å². The number of amides is 3. The van der Waals surface area contributed by atoms with E-state index in [1.54, 1.807) is 30.3 Å². The van der Waals surface area contributed by atoms with Crippen molar-refractivity contribution >= 4 is 79.6 Å². The molecule has 3 rings (SSSR count). The van der Waals surface area contributed by atoms with E-state index >= 15 is 0 Å². The summed E-state index contributed by atoms with van der Waals surface area (Å²) in [6.07, 6.45) is 1.73. The third kappa shape index (κ3) is 5.69. The second-order valence-electron chi connectivity index (χ2n) is 6.12. The molecule has 6 nitrogen and oxygen atoms in total. The normalized spacial score (nSPS) is 14.9. The number of thiocarbonyl (C=S) groups is 1. The van der Waals surface area contributed by atoms with Gasteiger partial charge >= 0.3 is 0 Å². The molecule has 0 spiro atoms. The molecule has 0 unspecified atom stereocenters. The molecule has 2 N–H and O–H groups in total. The number of nitrogens with one attached hydrogen (secondary N) is 2. The van der Waals surface area contributed by atoms with Gasteiger partial charge in [0.2, 0.25) is 5.91 Å². The molecule has 0 atom stereocenters. The largest absolute Gasteiger partial charge is 0.292 e. The molecule has 0 saturated carbocycles. The molecular formula is C20H15BrClN3O3S2. The van der Waals surface area contributed by atoms with Crippen LogP contribution in [0.1, 0.15) is 22.3 Å². The number of hydrogen-bond donors (Lipinski definition) is 2. The van der Waals surface area contributed by atoms with Gasteiger partial charge in [-0.25, -0.2) is 0 Å². The predicted octanol–water partition coefficient (Wildman–Crippen LogP) is 4.16. The fourth-order valence-corrected chi connectivity index (χ4v) is 4.50. The van der Waals surface area contributed by atoms with Crippen LogP contribution >= 0.6 is 51.5 Å². The smallest absolute Gasteiger partial charge is 0.271 e. The maximum absolute atomic E-state index is 12.6. The quantitative estimate of drug-likeness (QED) is 0.349. The van der Waals surface area contributed by atoms with E-state index in [1.165, 1.54) is 16.7 Å². The van der Waals surface area contributed by atoms with Gasteiger partial charge in [-0.3, -0.25) is 30.1 Å². The first-order valence-corrected chi connectivity index (χ1v) is 11.1. The molecule has 154 valence electrons. The summed E-state index contributed by atoms with van der Waals surface area (Å²) in [5.41, 5.74) is 5.73. The van der Waals surface area contributed by atoms with Crippen LogP contribution in [0.4, 0.5) is 0 Å². The van der Waals surface area contributed by atoms with Crippen LogP contribution in [0.25, 0.3) is 6.08 Å². The summed E-state index contributed by atoms with van der Waals surface area (Å²) in [4.78, 5) is 38.6. The Labute approximate surface area is 196 Å². The zero-order chi connectivity index (χ0) is 21.7. The summed E-state index contributed by atoms with van der Waals surface area (Å²) in [5, 5.41) is 0.277. The molecule has 1 saturated heterocycles. The van der Waals surface area contributed by atoms with Crippen LogP contribution in [0.2, 0.25) is 5.02 Å². The molecule has 0 aliphatic carbocycles. The van der Waals surface area contributed by atoms with Crippen molar-refractivity contribution in [3.05, 3.63) is 74.1 Å². The van der Waals surface area contributed by atoms with E-state index in [4.69, 9.17) is 23.8 Å². The zero-order valence-electron chi connectivity index (χ0n) is 15.4. The van der Waals surface area contributed by atoms with Crippen molar-refractivity contribution in [2.45, 2.75) is 6.42 Å². The average molecular weight is 525 g/mol. The van der Waals surface area contributed by atoms with Gasteiger partial charge in [-0.1, -0.05) is 75.8 Å². The molecule has 1 fully saturated rings. The molecule has 0 aromatic heterocycles. The number of carbonyl (C=O) groups excluding carboxylic acids is 3.